The van der Waals surface area contributed by atoms with Crippen molar-refractivity contribution in [2.75, 3.05) is 5.73 Å². The number of nitrogens with two attached hydrogens (primary N) is 1. The number of hydrogen-bond acceptors (Lipinski definition) is 6. The molecule has 2 aromatic heterocycles. The molecule has 2 N–H and O–H groups in total. The molecule has 0 aliphatic carbocycles. The van der Waals surface area contributed by atoms with E-state index in [1.54, 1.807) is 6.07 Å². The average molecular weight is 274 g/mol. The first kappa shape index (κ1) is 11.5. The summed E-state index contributed by atoms with van der Waals surface area (Å²) in [5.74, 6) is 0.777. The molecule has 1 aromatic carbocycles. The molecular formula is C11H8ClN7. The Bertz CT molecular complexity index is 711. The predicted octanol–water partition coefficient (Wildman–Crippen LogP) is 1.35. The number of nitrogens with zero attached hydrogens (tertiary/aromatic N) is 6. The van der Waals surface area contributed by atoms with E-state index in [1.807, 2.05) is 18.2 Å². The molecule has 94 valence electrons. The predicted molar refractivity (Wildman–Crippen MR) is 69.6 cm³/mol. The maximum absolute atomic E-state index is 6.11. The molecule has 0 saturated heterocycles. The third-order valence-electron chi connectivity index (χ3n) is 2.38. The third kappa shape index (κ3) is 2.23. The van der Waals surface area contributed by atoms with Gasteiger partial charge in [-0.15, -0.1) is 0 Å². The lowest BCUT2D eigenvalue weighted by molar-refractivity contribution is 0.800. The monoisotopic (exact) mass is 273 g/mol. The number of hydrogen-bond donors (Lipinski definition) is 1. The van der Waals surface area contributed by atoms with Crippen molar-refractivity contribution in [1.82, 2.24) is 29.7 Å². The van der Waals surface area contributed by atoms with Crippen molar-refractivity contribution in [1.29, 1.82) is 0 Å². The largest absolute Gasteiger partial charge is 0.368 e. The molecule has 0 unspecified atom stereocenters. The number of benzene rings is 1. The second-order valence-corrected chi connectivity index (χ2v) is 4.04. The van der Waals surface area contributed by atoms with Gasteiger partial charge in [0, 0.05) is 5.56 Å². The van der Waals surface area contributed by atoms with Crippen molar-refractivity contribution < 1.29 is 0 Å². The maximum Gasteiger partial charge on any atom is 0.257 e. The van der Waals surface area contributed by atoms with Crippen LogP contribution in [0.4, 0.5) is 5.95 Å². The van der Waals surface area contributed by atoms with Crippen molar-refractivity contribution in [3.63, 3.8) is 0 Å². The smallest absolute Gasteiger partial charge is 0.257 e. The van der Waals surface area contributed by atoms with E-state index in [9.17, 15) is 0 Å². The molecule has 3 rings (SSSR count). The van der Waals surface area contributed by atoms with E-state index in [0.29, 0.717) is 22.4 Å². The molecule has 2 heterocycles. The van der Waals surface area contributed by atoms with Crippen LogP contribution >= 0.6 is 11.6 Å². The highest BCUT2D eigenvalue weighted by Crippen LogP contribution is 2.25. The van der Waals surface area contributed by atoms with Gasteiger partial charge in [0.05, 0.1) is 5.02 Å². The van der Waals surface area contributed by atoms with Gasteiger partial charge >= 0.3 is 0 Å². The normalized spacial score (nSPS) is 10.6. The highest BCUT2D eigenvalue weighted by atomic mass is 35.5. The van der Waals surface area contributed by atoms with E-state index < -0.39 is 0 Å². The summed E-state index contributed by atoms with van der Waals surface area (Å²) in [4.78, 5) is 16.2. The van der Waals surface area contributed by atoms with E-state index in [-0.39, 0.29) is 5.95 Å². The van der Waals surface area contributed by atoms with E-state index in [2.05, 4.69) is 25.0 Å². The Morgan fingerprint density at radius 3 is 2.68 bits per heavy atom. The van der Waals surface area contributed by atoms with Gasteiger partial charge in [-0.2, -0.15) is 24.7 Å². The Hall–Kier alpha value is -2.54. The minimum absolute atomic E-state index is 0.0930. The van der Waals surface area contributed by atoms with Crippen molar-refractivity contribution in [3.05, 3.63) is 41.9 Å². The summed E-state index contributed by atoms with van der Waals surface area (Å²) in [6, 6.07) is 7.24. The quantitative estimate of drug-likeness (QED) is 0.757. The number of anilines is 1. The SMILES string of the molecule is Nc1nc(-c2ccccc2Cl)nc(-n2cncn2)n1. The summed E-state index contributed by atoms with van der Waals surface area (Å²) < 4.78 is 1.40. The number of rotatable bonds is 2. The molecule has 0 saturated carbocycles. The van der Waals surface area contributed by atoms with Crippen LogP contribution in [0, 0.1) is 0 Å². The lowest BCUT2D eigenvalue weighted by atomic mass is 10.2. The topological polar surface area (TPSA) is 95.4 Å². The van der Waals surface area contributed by atoms with E-state index in [0.717, 1.165) is 0 Å². The minimum atomic E-state index is 0.0930. The van der Waals surface area contributed by atoms with Crippen LogP contribution in [0.2, 0.25) is 5.02 Å². The van der Waals surface area contributed by atoms with Gasteiger partial charge < -0.3 is 5.73 Å². The Morgan fingerprint density at radius 1 is 1.11 bits per heavy atom. The first-order valence-electron chi connectivity index (χ1n) is 5.35. The number of aromatic nitrogens is 6. The summed E-state index contributed by atoms with van der Waals surface area (Å²) in [7, 11) is 0. The summed E-state index contributed by atoms with van der Waals surface area (Å²) in [5, 5.41) is 4.49. The molecular weight excluding hydrogens is 266 g/mol. The van der Waals surface area contributed by atoms with Crippen LogP contribution in [0.25, 0.3) is 17.3 Å². The fourth-order valence-electron chi connectivity index (χ4n) is 1.56. The zero-order chi connectivity index (χ0) is 13.2. The first-order chi connectivity index (χ1) is 9.24. The van der Waals surface area contributed by atoms with Gasteiger partial charge in [0.25, 0.3) is 5.95 Å². The van der Waals surface area contributed by atoms with Crippen LogP contribution in [0.15, 0.2) is 36.9 Å². The lowest BCUT2D eigenvalue weighted by Crippen LogP contribution is -2.08. The number of halogens is 1. The minimum Gasteiger partial charge on any atom is -0.368 e. The summed E-state index contributed by atoms with van der Waals surface area (Å²) in [5.41, 5.74) is 6.37. The van der Waals surface area contributed by atoms with Crippen LogP contribution in [0.5, 0.6) is 0 Å². The molecule has 0 spiro atoms. The van der Waals surface area contributed by atoms with Gasteiger partial charge in [0.1, 0.15) is 12.7 Å². The Kier molecular flexibility index (Phi) is 2.81. The average Bonchev–Trinajstić information content (AvgIpc) is 2.92. The Labute approximate surface area is 113 Å². The fraction of sp³-hybridized carbons (Fsp3) is 0. The summed E-state index contributed by atoms with van der Waals surface area (Å²) in [6.07, 6.45) is 2.86. The van der Waals surface area contributed by atoms with E-state index >= 15 is 0 Å². The lowest BCUT2D eigenvalue weighted by Gasteiger charge is -2.05. The van der Waals surface area contributed by atoms with Crippen molar-refractivity contribution in [3.8, 4) is 17.3 Å². The highest BCUT2D eigenvalue weighted by molar-refractivity contribution is 6.33. The molecule has 19 heavy (non-hydrogen) atoms. The standard InChI is InChI=1S/C11H8ClN7/c12-8-4-2-1-3-7(8)9-16-10(13)18-11(17-9)19-6-14-5-15-19/h1-6H,(H2,13,16,17,18). The van der Waals surface area contributed by atoms with E-state index in [4.69, 9.17) is 17.3 Å². The molecule has 0 aliphatic heterocycles. The van der Waals surface area contributed by atoms with Crippen molar-refractivity contribution in [2.45, 2.75) is 0 Å². The maximum atomic E-state index is 6.11. The zero-order valence-electron chi connectivity index (χ0n) is 9.60. The number of nitrogen functional groups attached to an aromatic ring is 1. The van der Waals surface area contributed by atoms with Crippen LogP contribution < -0.4 is 5.73 Å². The molecule has 0 atom stereocenters. The van der Waals surface area contributed by atoms with Gasteiger partial charge in [-0.25, -0.2) is 4.98 Å². The molecule has 0 bridgehead atoms. The molecule has 3 aromatic rings. The van der Waals surface area contributed by atoms with Crippen molar-refractivity contribution >= 4 is 17.5 Å². The fourth-order valence-corrected chi connectivity index (χ4v) is 1.78. The molecule has 7 nitrogen and oxygen atoms in total. The second-order valence-electron chi connectivity index (χ2n) is 3.64. The summed E-state index contributed by atoms with van der Waals surface area (Å²) in [6.45, 7) is 0. The van der Waals surface area contributed by atoms with Crippen LogP contribution in [0.1, 0.15) is 0 Å². The van der Waals surface area contributed by atoms with Gasteiger partial charge in [0.15, 0.2) is 5.82 Å². The van der Waals surface area contributed by atoms with Gasteiger partial charge in [-0.05, 0) is 12.1 Å². The van der Waals surface area contributed by atoms with E-state index in [1.165, 1.54) is 17.3 Å². The first-order valence-corrected chi connectivity index (χ1v) is 5.73. The Balaban J connectivity index is 2.16. The molecule has 0 radical (unpaired) electrons. The third-order valence-corrected chi connectivity index (χ3v) is 2.71. The van der Waals surface area contributed by atoms with Crippen LogP contribution in [-0.4, -0.2) is 29.7 Å². The molecule has 0 fully saturated rings. The van der Waals surface area contributed by atoms with Crippen LogP contribution in [-0.2, 0) is 0 Å². The molecule has 0 aliphatic rings. The summed E-state index contributed by atoms with van der Waals surface area (Å²) >= 11 is 6.11. The molecule has 0 amide bonds. The second kappa shape index (κ2) is 4.62. The Morgan fingerprint density at radius 2 is 1.95 bits per heavy atom. The zero-order valence-corrected chi connectivity index (χ0v) is 10.4. The van der Waals surface area contributed by atoms with Gasteiger partial charge in [-0.1, -0.05) is 23.7 Å². The van der Waals surface area contributed by atoms with Gasteiger partial charge in [0.2, 0.25) is 5.95 Å². The molecule has 8 heteroatoms. The van der Waals surface area contributed by atoms with Crippen LogP contribution in [0.3, 0.4) is 0 Å². The van der Waals surface area contributed by atoms with Crippen molar-refractivity contribution in [2.24, 2.45) is 0 Å². The van der Waals surface area contributed by atoms with Gasteiger partial charge in [-0.3, -0.25) is 0 Å². The highest BCUT2D eigenvalue weighted by Gasteiger charge is 2.11.